The number of fused-ring (bicyclic) bond motifs is 6. The average molecular weight is 363 g/mol. The normalized spacial score (nSPS) is 11.9. The van der Waals surface area contributed by atoms with Crippen LogP contribution in [0.3, 0.4) is 0 Å². The van der Waals surface area contributed by atoms with E-state index in [0.29, 0.717) is 0 Å². The molecule has 6 aromatic carbocycles. The van der Waals surface area contributed by atoms with Crippen molar-refractivity contribution in [2.75, 3.05) is 0 Å². The molecule has 0 aromatic heterocycles. The van der Waals surface area contributed by atoms with Crippen LogP contribution < -0.4 is 0 Å². The minimum atomic E-state index is 0.804. The van der Waals surface area contributed by atoms with E-state index in [1.165, 1.54) is 48.5 Å². The van der Waals surface area contributed by atoms with Gasteiger partial charge in [-0.3, -0.25) is 0 Å². The van der Waals surface area contributed by atoms with Crippen LogP contribution in [-0.4, -0.2) is 0 Å². The summed E-state index contributed by atoms with van der Waals surface area (Å²) in [7, 11) is 0. The van der Waals surface area contributed by atoms with Crippen LogP contribution in [0.15, 0.2) is 91.0 Å². The molecule has 0 amide bonds. The van der Waals surface area contributed by atoms with Crippen molar-refractivity contribution >= 4 is 65.5 Å². The van der Waals surface area contributed by atoms with Crippen LogP contribution in [0.4, 0.5) is 0 Å². The van der Waals surface area contributed by atoms with Gasteiger partial charge in [0.25, 0.3) is 0 Å². The van der Waals surface area contributed by atoms with Crippen LogP contribution in [-0.2, 0) is 0 Å². The molecule has 0 heterocycles. The molecule has 0 N–H and O–H groups in total. The Labute approximate surface area is 161 Å². The molecule has 0 fully saturated rings. The van der Waals surface area contributed by atoms with Crippen LogP contribution >= 0.6 is 11.6 Å². The Morgan fingerprint density at radius 1 is 0.370 bits per heavy atom. The molecule has 6 aromatic rings. The monoisotopic (exact) mass is 362 g/mol. The minimum Gasteiger partial charge on any atom is -0.0837 e. The van der Waals surface area contributed by atoms with E-state index in [4.69, 9.17) is 11.6 Å². The highest BCUT2D eigenvalue weighted by atomic mass is 35.5. The van der Waals surface area contributed by atoms with Gasteiger partial charge in [-0.25, -0.2) is 0 Å². The average Bonchev–Trinajstić information content (AvgIpc) is 2.70. The second-order valence-electron chi connectivity index (χ2n) is 7.22. The molecule has 1 heteroatoms. The van der Waals surface area contributed by atoms with Crippen molar-refractivity contribution in [3.63, 3.8) is 0 Å². The third kappa shape index (κ3) is 2.24. The number of benzene rings is 6. The Hall–Kier alpha value is -3.09. The number of rotatable bonds is 0. The minimum absolute atomic E-state index is 0.804. The third-order valence-electron chi connectivity index (χ3n) is 5.60. The zero-order valence-corrected chi connectivity index (χ0v) is 15.3. The zero-order chi connectivity index (χ0) is 18.0. The van der Waals surface area contributed by atoms with Gasteiger partial charge in [0.15, 0.2) is 0 Å². The molecular formula is C26H15Cl. The summed E-state index contributed by atoms with van der Waals surface area (Å²) in [5, 5.41) is 13.2. The largest absolute Gasteiger partial charge is 0.0837 e. The standard InChI is InChI=1S/C26H15Cl/c27-26-7-3-6-18-12-19-8-9-20-13-21-10-16-4-1-2-5-17(16)11-22(21)14-23(20)24(19)15-25(18)26/h1-15H. The van der Waals surface area contributed by atoms with Crippen molar-refractivity contribution in [2.24, 2.45) is 0 Å². The predicted octanol–water partition coefficient (Wildman–Crippen LogP) is 8.11. The molecule has 0 atom stereocenters. The molecule has 0 nitrogen and oxygen atoms in total. The number of hydrogen-bond donors (Lipinski definition) is 0. The van der Waals surface area contributed by atoms with Gasteiger partial charge in [0, 0.05) is 10.4 Å². The van der Waals surface area contributed by atoms with Gasteiger partial charge < -0.3 is 0 Å². The van der Waals surface area contributed by atoms with E-state index in [2.05, 4.69) is 78.9 Å². The molecule has 0 radical (unpaired) electrons. The van der Waals surface area contributed by atoms with Crippen molar-refractivity contribution < 1.29 is 0 Å². The lowest BCUT2D eigenvalue weighted by Gasteiger charge is -2.10. The number of halogens is 1. The van der Waals surface area contributed by atoms with E-state index >= 15 is 0 Å². The van der Waals surface area contributed by atoms with Crippen molar-refractivity contribution in [1.82, 2.24) is 0 Å². The maximum atomic E-state index is 6.47. The molecule has 0 aliphatic carbocycles. The fourth-order valence-electron chi connectivity index (χ4n) is 4.24. The van der Waals surface area contributed by atoms with Gasteiger partial charge in [0.2, 0.25) is 0 Å². The summed E-state index contributed by atoms with van der Waals surface area (Å²) in [6.45, 7) is 0. The Balaban J connectivity index is 1.78. The molecule has 6 rings (SSSR count). The summed E-state index contributed by atoms with van der Waals surface area (Å²) >= 11 is 6.47. The molecule has 0 aliphatic heterocycles. The highest BCUT2D eigenvalue weighted by Gasteiger charge is 2.07. The van der Waals surface area contributed by atoms with Crippen LogP contribution in [0.25, 0.3) is 53.9 Å². The maximum Gasteiger partial charge on any atom is 0.0484 e. The smallest absolute Gasteiger partial charge is 0.0484 e. The van der Waals surface area contributed by atoms with Gasteiger partial charge in [0.05, 0.1) is 0 Å². The summed E-state index contributed by atoms with van der Waals surface area (Å²) in [5.74, 6) is 0. The highest BCUT2D eigenvalue weighted by Crippen LogP contribution is 2.35. The van der Waals surface area contributed by atoms with Gasteiger partial charge in [0.1, 0.15) is 0 Å². The predicted molar refractivity (Wildman–Crippen MR) is 119 cm³/mol. The van der Waals surface area contributed by atoms with Crippen molar-refractivity contribution in [3.8, 4) is 0 Å². The van der Waals surface area contributed by atoms with Crippen LogP contribution in [0.2, 0.25) is 5.02 Å². The van der Waals surface area contributed by atoms with E-state index in [-0.39, 0.29) is 0 Å². The van der Waals surface area contributed by atoms with Crippen molar-refractivity contribution in [3.05, 3.63) is 96.0 Å². The van der Waals surface area contributed by atoms with Gasteiger partial charge in [-0.05, 0) is 90.9 Å². The topological polar surface area (TPSA) is 0 Å². The first kappa shape index (κ1) is 15.0. The van der Waals surface area contributed by atoms with Crippen LogP contribution in [0.1, 0.15) is 0 Å². The van der Waals surface area contributed by atoms with E-state index in [9.17, 15) is 0 Å². The molecule has 27 heavy (non-hydrogen) atoms. The van der Waals surface area contributed by atoms with E-state index in [0.717, 1.165) is 10.4 Å². The Kier molecular flexibility index (Phi) is 3.03. The first-order valence-electron chi connectivity index (χ1n) is 9.14. The van der Waals surface area contributed by atoms with E-state index in [1.54, 1.807) is 0 Å². The Bertz CT molecular complexity index is 1530. The maximum absolute atomic E-state index is 6.47. The first-order chi connectivity index (χ1) is 13.3. The molecule has 0 saturated carbocycles. The fourth-order valence-corrected chi connectivity index (χ4v) is 4.47. The quantitative estimate of drug-likeness (QED) is 0.189. The van der Waals surface area contributed by atoms with Gasteiger partial charge >= 0.3 is 0 Å². The SMILES string of the molecule is Clc1cccc2cc3ccc4cc5cc6ccccc6cc5cc4c3cc12. The molecule has 0 aliphatic rings. The zero-order valence-electron chi connectivity index (χ0n) is 14.5. The lowest BCUT2D eigenvalue weighted by molar-refractivity contribution is 1.78. The molecule has 126 valence electrons. The summed E-state index contributed by atoms with van der Waals surface area (Å²) < 4.78 is 0. The van der Waals surface area contributed by atoms with Gasteiger partial charge in [-0.1, -0.05) is 60.1 Å². The fraction of sp³-hybridized carbons (Fsp3) is 0. The van der Waals surface area contributed by atoms with Gasteiger partial charge in [-0.2, -0.15) is 0 Å². The van der Waals surface area contributed by atoms with E-state index < -0.39 is 0 Å². The van der Waals surface area contributed by atoms with Crippen LogP contribution in [0, 0.1) is 0 Å². The van der Waals surface area contributed by atoms with Crippen molar-refractivity contribution in [1.29, 1.82) is 0 Å². The molecule has 0 bridgehead atoms. The van der Waals surface area contributed by atoms with Gasteiger partial charge in [-0.15, -0.1) is 0 Å². The summed E-state index contributed by atoms with van der Waals surface area (Å²) in [6.07, 6.45) is 0. The molecular weight excluding hydrogens is 348 g/mol. The Morgan fingerprint density at radius 3 is 1.63 bits per heavy atom. The second kappa shape index (κ2) is 5.45. The molecule has 0 unspecified atom stereocenters. The van der Waals surface area contributed by atoms with E-state index in [1.807, 2.05) is 12.1 Å². The first-order valence-corrected chi connectivity index (χ1v) is 9.51. The summed E-state index contributed by atoms with van der Waals surface area (Å²) in [5.41, 5.74) is 0. The lowest BCUT2D eigenvalue weighted by Crippen LogP contribution is -1.83. The highest BCUT2D eigenvalue weighted by molar-refractivity contribution is 6.36. The third-order valence-corrected chi connectivity index (χ3v) is 5.93. The summed E-state index contributed by atoms with van der Waals surface area (Å²) in [6, 6.07) is 32.7. The molecule has 0 spiro atoms. The number of hydrogen-bond acceptors (Lipinski definition) is 0. The lowest BCUT2D eigenvalue weighted by atomic mass is 9.95. The second-order valence-corrected chi connectivity index (χ2v) is 7.63. The Morgan fingerprint density at radius 2 is 0.889 bits per heavy atom. The summed E-state index contributed by atoms with van der Waals surface area (Å²) in [4.78, 5) is 0. The van der Waals surface area contributed by atoms with Crippen molar-refractivity contribution in [2.45, 2.75) is 0 Å². The molecule has 0 saturated heterocycles. The van der Waals surface area contributed by atoms with Crippen LogP contribution in [0.5, 0.6) is 0 Å².